The van der Waals surface area contributed by atoms with Gasteiger partial charge in [-0.05, 0) is 20.0 Å². The number of hydrogen-bond donors (Lipinski definition) is 0. The number of likely N-dealkylation sites (tertiary alicyclic amines) is 1. The van der Waals surface area contributed by atoms with E-state index in [1.165, 1.54) is 0 Å². The molecule has 0 aromatic heterocycles. The van der Waals surface area contributed by atoms with Crippen molar-refractivity contribution in [2.45, 2.75) is 33.2 Å². The second-order valence-corrected chi connectivity index (χ2v) is 3.33. The molecule has 1 atom stereocenters. The topological polar surface area (TPSA) is 23.6 Å². The van der Waals surface area contributed by atoms with Crippen LogP contribution in [0, 0.1) is 0 Å². The van der Waals surface area contributed by atoms with Gasteiger partial charge in [0.1, 0.15) is 0 Å². The van der Waals surface area contributed by atoms with Crippen molar-refractivity contribution in [3.63, 3.8) is 0 Å². The van der Waals surface area contributed by atoms with Gasteiger partial charge in [-0.15, -0.1) is 0 Å². The molecule has 0 aliphatic carbocycles. The molecule has 0 saturated carbocycles. The van der Waals surface area contributed by atoms with Crippen LogP contribution in [0.5, 0.6) is 0 Å². The van der Waals surface area contributed by atoms with Crippen LogP contribution in [0.2, 0.25) is 0 Å². The molecule has 0 radical (unpaired) electrons. The fourth-order valence-corrected chi connectivity index (χ4v) is 1.48. The summed E-state index contributed by atoms with van der Waals surface area (Å²) < 4.78 is 0. The summed E-state index contributed by atoms with van der Waals surface area (Å²) in [4.78, 5) is 15.0. The molecule has 3 heteroatoms. The lowest BCUT2D eigenvalue weighted by atomic mass is 10.2. The molecule has 0 bridgehead atoms. The standard InChI is InChI=1S/C8H16N2O.C2H6/c1-7(11)10(3)8-4-5-9(2)6-8;1-2/h8H,4-6H2,1-3H3;1-2H3. The third-order valence-electron chi connectivity index (χ3n) is 2.41. The molecule has 1 aliphatic heterocycles. The number of amides is 1. The zero-order valence-electron chi connectivity index (χ0n) is 9.50. The summed E-state index contributed by atoms with van der Waals surface area (Å²) in [5, 5.41) is 0. The molecule has 0 spiro atoms. The summed E-state index contributed by atoms with van der Waals surface area (Å²) in [5.74, 6) is 0.172. The van der Waals surface area contributed by atoms with E-state index in [1.807, 2.05) is 25.8 Å². The van der Waals surface area contributed by atoms with Gasteiger partial charge in [0.05, 0.1) is 0 Å². The summed E-state index contributed by atoms with van der Waals surface area (Å²) in [6.07, 6.45) is 1.12. The van der Waals surface area contributed by atoms with Crippen molar-refractivity contribution in [1.29, 1.82) is 0 Å². The average molecular weight is 186 g/mol. The van der Waals surface area contributed by atoms with Crippen LogP contribution in [0.1, 0.15) is 27.2 Å². The summed E-state index contributed by atoms with van der Waals surface area (Å²) in [7, 11) is 3.97. The van der Waals surface area contributed by atoms with E-state index in [2.05, 4.69) is 11.9 Å². The predicted octanol–water partition coefficient (Wildman–Crippen LogP) is 1.19. The van der Waals surface area contributed by atoms with Crippen molar-refractivity contribution in [2.24, 2.45) is 0 Å². The van der Waals surface area contributed by atoms with Gasteiger partial charge in [-0.3, -0.25) is 4.79 Å². The molecular weight excluding hydrogens is 164 g/mol. The van der Waals surface area contributed by atoms with Crippen LogP contribution in [0.3, 0.4) is 0 Å². The zero-order valence-corrected chi connectivity index (χ0v) is 9.50. The first-order chi connectivity index (χ1) is 6.11. The Morgan fingerprint density at radius 2 is 2.00 bits per heavy atom. The average Bonchev–Trinajstić information content (AvgIpc) is 2.54. The van der Waals surface area contributed by atoms with Crippen LogP contribution < -0.4 is 0 Å². The maximum atomic E-state index is 10.9. The quantitative estimate of drug-likeness (QED) is 0.614. The third-order valence-corrected chi connectivity index (χ3v) is 2.41. The number of carbonyl (C=O) groups excluding carboxylic acids is 1. The molecule has 1 heterocycles. The van der Waals surface area contributed by atoms with E-state index in [0.29, 0.717) is 6.04 Å². The van der Waals surface area contributed by atoms with Crippen LogP contribution >= 0.6 is 0 Å². The molecule has 1 aliphatic rings. The Morgan fingerprint density at radius 1 is 1.46 bits per heavy atom. The Labute approximate surface area is 81.7 Å². The van der Waals surface area contributed by atoms with Crippen LogP contribution in [0.25, 0.3) is 0 Å². The number of likely N-dealkylation sites (N-methyl/N-ethyl adjacent to an activating group) is 2. The van der Waals surface area contributed by atoms with Gasteiger partial charge < -0.3 is 9.80 Å². The molecular formula is C10H22N2O. The normalized spacial score (nSPS) is 22.1. The van der Waals surface area contributed by atoms with E-state index < -0.39 is 0 Å². The number of hydrogen-bond acceptors (Lipinski definition) is 2. The molecule has 1 unspecified atom stereocenters. The molecule has 0 aromatic rings. The Morgan fingerprint density at radius 3 is 2.31 bits per heavy atom. The third kappa shape index (κ3) is 3.77. The van der Waals surface area contributed by atoms with E-state index >= 15 is 0 Å². The van der Waals surface area contributed by atoms with Crippen molar-refractivity contribution in [3.05, 3.63) is 0 Å². The fraction of sp³-hybridized carbons (Fsp3) is 0.900. The Kier molecular flexibility index (Phi) is 5.71. The lowest BCUT2D eigenvalue weighted by Crippen LogP contribution is -2.36. The van der Waals surface area contributed by atoms with E-state index in [0.717, 1.165) is 19.5 Å². The summed E-state index contributed by atoms with van der Waals surface area (Å²) in [6.45, 7) is 7.76. The van der Waals surface area contributed by atoms with E-state index in [9.17, 15) is 4.79 Å². The molecule has 1 saturated heterocycles. The van der Waals surface area contributed by atoms with Gasteiger partial charge in [0.25, 0.3) is 0 Å². The van der Waals surface area contributed by atoms with Crippen molar-refractivity contribution in [3.8, 4) is 0 Å². The van der Waals surface area contributed by atoms with Crippen LogP contribution in [-0.2, 0) is 4.79 Å². The highest BCUT2D eigenvalue weighted by Gasteiger charge is 2.24. The monoisotopic (exact) mass is 186 g/mol. The number of carbonyl (C=O) groups is 1. The zero-order chi connectivity index (χ0) is 10.4. The minimum atomic E-state index is 0.172. The molecule has 0 N–H and O–H groups in total. The lowest BCUT2D eigenvalue weighted by Gasteiger charge is -2.22. The van der Waals surface area contributed by atoms with Crippen molar-refractivity contribution >= 4 is 5.91 Å². The number of nitrogens with zero attached hydrogens (tertiary/aromatic N) is 2. The first-order valence-electron chi connectivity index (χ1n) is 5.03. The largest absolute Gasteiger partial charge is 0.342 e. The van der Waals surface area contributed by atoms with E-state index in [1.54, 1.807) is 6.92 Å². The van der Waals surface area contributed by atoms with Crippen LogP contribution in [0.15, 0.2) is 0 Å². The Balaban J connectivity index is 0.000000671. The Bertz CT molecular complexity index is 159. The summed E-state index contributed by atoms with van der Waals surface area (Å²) in [6, 6.07) is 0.442. The Hall–Kier alpha value is -0.570. The van der Waals surface area contributed by atoms with E-state index in [4.69, 9.17) is 0 Å². The minimum Gasteiger partial charge on any atom is -0.342 e. The van der Waals surface area contributed by atoms with Gasteiger partial charge in [0.2, 0.25) is 5.91 Å². The highest BCUT2D eigenvalue weighted by molar-refractivity contribution is 5.73. The minimum absolute atomic E-state index is 0.172. The maximum Gasteiger partial charge on any atom is 0.219 e. The molecule has 78 valence electrons. The number of rotatable bonds is 1. The van der Waals surface area contributed by atoms with Gasteiger partial charge in [-0.25, -0.2) is 0 Å². The van der Waals surface area contributed by atoms with Gasteiger partial charge >= 0.3 is 0 Å². The first kappa shape index (κ1) is 12.4. The fourth-order valence-electron chi connectivity index (χ4n) is 1.48. The van der Waals surface area contributed by atoms with Crippen molar-refractivity contribution in [1.82, 2.24) is 9.80 Å². The second-order valence-electron chi connectivity index (χ2n) is 3.33. The molecule has 1 amide bonds. The SMILES string of the molecule is CC.CC(=O)N(C)C1CCN(C)C1. The highest BCUT2D eigenvalue weighted by Crippen LogP contribution is 2.11. The van der Waals surface area contributed by atoms with Crippen molar-refractivity contribution in [2.75, 3.05) is 27.2 Å². The molecule has 1 rings (SSSR count). The second kappa shape index (κ2) is 5.97. The van der Waals surface area contributed by atoms with Crippen LogP contribution in [0.4, 0.5) is 0 Å². The lowest BCUT2D eigenvalue weighted by molar-refractivity contribution is -0.129. The summed E-state index contributed by atoms with van der Waals surface area (Å²) in [5.41, 5.74) is 0. The van der Waals surface area contributed by atoms with E-state index in [-0.39, 0.29) is 5.91 Å². The predicted molar refractivity (Wildman–Crippen MR) is 55.7 cm³/mol. The van der Waals surface area contributed by atoms with Gasteiger partial charge in [-0.1, -0.05) is 13.8 Å². The molecule has 1 fully saturated rings. The maximum absolute atomic E-state index is 10.9. The van der Waals surface area contributed by atoms with Gasteiger partial charge in [0.15, 0.2) is 0 Å². The van der Waals surface area contributed by atoms with Gasteiger partial charge in [-0.2, -0.15) is 0 Å². The molecule has 13 heavy (non-hydrogen) atoms. The summed E-state index contributed by atoms with van der Waals surface area (Å²) >= 11 is 0. The molecule has 0 aromatic carbocycles. The first-order valence-corrected chi connectivity index (χ1v) is 5.03. The smallest absolute Gasteiger partial charge is 0.219 e. The molecule has 3 nitrogen and oxygen atoms in total. The highest BCUT2D eigenvalue weighted by atomic mass is 16.2. The van der Waals surface area contributed by atoms with Crippen molar-refractivity contribution < 1.29 is 4.79 Å². The van der Waals surface area contributed by atoms with Crippen LogP contribution in [-0.4, -0.2) is 48.9 Å². The van der Waals surface area contributed by atoms with Gasteiger partial charge in [0, 0.05) is 26.6 Å².